The van der Waals surface area contributed by atoms with Crippen LogP contribution in [-0.2, 0) is 9.59 Å². The maximum Gasteiger partial charge on any atom is 0.240 e. The number of benzene rings is 3. The zero-order valence-electron chi connectivity index (χ0n) is 16.9. The van der Waals surface area contributed by atoms with Crippen LogP contribution >= 0.6 is 0 Å². The molecule has 2 heterocycles. The molecule has 0 bridgehead atoms. The monoisotopic (exact) mass is 422 g/mol. The van der Waals surface area contributed by atoms with E-state index in [9.17, 15) is 19.2 Å². The number of ketones is 2. The summed E-state index contributed by atoms with van der Waals surface area (Å²) in [6, 6.07) is 23.8. The van der Waals surface area contributed by atoms with Crippen LogP contribution in [0.3, 0.4) is 0 Å². The van der Waals surface area contributed by atoms with Gasteiger partial charge in [0.2, 0.25) is 11.8 Å². The van der Waals surface area contributed by atoms with Crippen LogP contribution in [0.2, 0.25) is 0 Å². The first kappa shape index (κ1) is 18.8. The van der Waals surface area contributed by atoms with Gasteiger partial charge in [0.25, 0.3) is 0 Å². The third-order valence-electron chi connectivity index (χ3n) is 6.87. The Morgan fingerprint density at radius 3 is 1.78 bits per heavy atom. The molecule has 1 aliphatic carbocycles. The summed E-state index contributed by atoms with van der Waals surface area (Å²) in [5.74, 6) is -3.79. The van der Waals surface area contributed by atoms with E-state index in [4.69, 9.17) is 0 Å². The number of amides is 2. The van der Waals surface area contributed by atoms with Gasteiger partial charge in [0.15, 0.2) is 17.1 Å². The van der Waals surface area contributed by atoms with Crippen molar-refractivity contribution in [3.8, 4) is 0 Å². The number of para-hydroxylation sites is 1. The van der Waals surface area contributed by atoms with E-state index in [1.54, 1.807) is 54.6 Å². The Hall–Kier alpha value is -3.90. The molecule has 6 heteroatoms. The zero-order valence-corrected chi connectivity index (χ0v) is 16.9. The average molecular weight is 422 g/mol. The van der Waals surface area contributed by atoms with Crippen molar-refractivity contribution in [2.45, 2.75) is 11.6 Å². The summed E-state index contributed by atoms with van der Waals surface area (Å²) in [5.41, 5.74) is -0.0153. The molecule has 2 amide bonds. The molecule has 6 rings (SSSR count). The van der Waals surface area contributed by atoms with Crippen molar-refractivity contribution in [2.75, 3.05) is 4.90 Å². The number of anilines is 1. The van der Waals surface area contributed by atoms with Crippen molar-refractivity contribution in [1.29, 1.82) is 0 Å². The number of carbonyl (C=O) groups is 4. The van der Waals surface area contributed by atoms with Crippen LogP contribution in [0.4, 0.5) is 5.69 Å². The first-order chi connectivity index (χ1) is 15.6. The minimum Gasteiger partial charge on any atom is -0.291 e. The van der Waals surface area contributed by atoms with Crippen LogP contribution in [0.25, 0.3) is 0 Å². The lowest BCUT2D eigenvalue weighted by Crippen LogP contribution is -2.58. The minimum atomic E-state index is -1.79. The summed E-state index contributed by atoms with van der Waals surface area (Å²) in [5, 5.41) is 3.20. The highest BCUT2D eigenvalue weighted by atomic mass is 16.2. The largest absolute Gasteiger partial charge is 0.291 e. The second-order valence-electron chi connectivity index (χ2n) is 8.40. The molecule has 0 aromatic heterocycles. The van der Waals surface area contributed by atoms with Gasteiger partial charge in [-0.05, 0) is 17.7 Å². The number of fused-ring (bicyclic) bond motifs is 3. The summed E-state index contributed by atoms with van der Waals surface area (Å²) in [6.45, 7) is 0. The van der Waals surface area contributed by atoms with Crippen LogP contribution in [-0.4, -0.2) is 28.9 Å². The number of rotatable bonds is 2. The molecule has 0 unspecified atom stereocenters. The summed E-state index contributed by atoms with van der Waals surface area (Å²) < 4.78 is 0. The molecule has 2 aliphatic heterocycles. The van der Waals surface area contributed by atoms with Gasteiger partial charge in [-0.25, -0.2) is 4.90 Å². The third-order valence-corrected chi connectivity index (χ3v) is 6.87. The van der Waals surface area contributed by atoms with Gasteiger partial charge >= 0.3 is 0 Å². The number of hydrogen-bond acceptors (Lipinski definition) is 5. The lowest BCUT2D eigenvalue weighted by molar-refractivity contribution is -0.123. The highest BCUT2D eigenvalue weighted by Gasteiger charge is 2.73. The minimum absolute atomic E-state index is 0.288. The molecule has 2 fully saturated rings. The van der Waals surface area contributed by atoms with Crippen LogP contribution in [0.5, 0.6) is 0 Å². The Balaban J connectivity index is 1.56. The van der Waals surface area contributed by atoms with E-state index in [1.165, 1.54) is 0 Å². The average Bonchev–Trinajstić information content (AvgIpc) is 3.40. The van der Waals surface area contributed by atoms with Crippen LogP contribution in [0, 0.1) is 11.8 Å². The van der Waals surface area contributed by atoms with Crippen molar-refractivity contribution in [3.05, 3.63) is 102 Å². The molecule has 32 heavy (non-hydrogen) atoms. The van der Waals surface area contributed by atoms with Crippen molar-refractivity contribution in [2.24, 2.45) is 11.8 Å². The summed E-state index contributed by atoms with van der Waals surface area (Å²) in [6.07, 6.45) is 0. The van der Waals surface area contributed by atoms with Gasteiger partial charge in [-0.3, -0.25) is 24.5 Å². The van der Waals surface area contributed by atoms with Crippen molar-refractivity contribution in [3.63, 3.8) is 0 Å². The Bertz CT molecular complexity index is 1270. The SMILES string of the molecule is O=C1[C@H]2[C@@H](C(=O)N1c1ccccc1)C1(N[C@H]2c2ccccc2)C(=O)c2ccccc2C1=O. The summed E-state index contributed by atoms with van der Waals surface area (Å²) in [7, 11) is 0. The smallest absolute Gasteiger partial charge is 0.240 e. The maximum atomic E-state index is 13.7. The number of nitrogens with one attached hydrogen (secondary N) is 1. The molecule has 3 atom stereocenters. The van der Waals surface area contributed by atoms with Gasteiger partial charge in [0.1, 0.15) is 0 Å². The highest BCUT2D eigenvalue weighted by molar-refractivity contribution is 6.37. The van der Waals surface area contributed by atoms with Crippen LogP contribution in [0.1, 0.15) is 32.3 Å². The van der Waals surface area contributed by atoms with Crippen LogP contribution in [0.15, 0.2) is 84.9 Å². The van der Waals surface area contributed by atoms with Gasteiger partial charge in [0.05, 0.1) is 17.5 Å². The third kappa shape index (κ3) is 2.22. The number of imide groups is 1. The molecule has 0 radical (unpaired) electrons. The first-order valence-electron chi connectivity index (χ1n) is 10.5. The molecule has 3 aliphatic rings. The molecule has 3 aromatic rings. The van der Waals surface area contributed by atoms with Gasteiger partial charge in [-0.15, -0.1) is 0 Å². The number of carbonyl (C=O) groups excluding carboxylic acids is 4. The predicted molar refractivity (Wildman–Crippen MR) is 116 cm³/mol. The molecule has 2 saturated heterocycles. The summed E-state index contributed by atoms with van der Waals surface area (Å²) in [4.78, 5) is 55.9. The number of Topliss-reactive ketones (excluding diaryl/α,β-unsaturated/α-hetero) is 2. The van der Waals surface area contributed by atoms with Crippen molar-refractivity contribution >= 4 is 29.1 Å². The quantitative estimate of drug-likeness (QED) is 0.507. The number of nitrogens with zero attached hydrogens (tertiary/aromatic N) is 1. The van der Waals surface area contributed by atoms with Crippen LogP contribution < -0.4 is 10.2 Å². The van der Waals surface area contributed by atoms with Gasteiger partial charge < -0.3 is 0 Å². The summed E-state index contributed by atoms with van der Waals surface area (Å²) >= 11 is 0. The maximum absolute atomic E-state index is 13.7. The van der Waals surface area contributed by atoms with Gasteiger partial charge in [-0.1, -0.05) is 72.8 Å². The first-order valence-corrected chi connectivity index (χ1v) is 10.5. The van der Waals surface area contributed by atoms with E-state index in [2.05, 4.69) is 5.32 Å². The van der Waals surface area contributed by atoms with E-state index < -0.39 is 46.8 Å². The Labute approximate surface area is 183 Å². The highest BCUT2D eigenvalue weighted by Crippen LogP contribution is 2.53. The van der Waals surface area contributed by atoms with Crippen molar-refractivity contribution in [1.82, 2.24) is 5.32 Å². The fourth-order valence-electron chi connectivity index (χ4n) is 5.51. The van der Waals surface area contributed by atoms with E-state index in [0.717, 1.165) is 10.5 Å². The lowest BCUT2D eigenvalue weighted by Gasteiger charge is -2.28. The second kappa shape index (κ2) is 6.55. The molecule has 0 saturated carbocycles. The normalized spacial score (nSPS) is 25.5. The molecule has 156 valence electrons. The second-order valence-corrected chi connectivity index (χ2v) is 8.40. The molecular formula is C26H18N2O4. The molecular weight excluding hydrogens is 404 g/mol. The fourth-order valence-corrected chi connectivity index (χ4v) is 5.51. The Kier molecular flexibility index (Phi) is 3.85. The van der Waals surface area contributed by atoms with Crippen molar-refractivity contribution < 1.29 is 19.2 Å². The van der Waals surface area contributed by atoms with E-state index in [0.29, 0.717) is 5.69 Å². The lowest BCUT2D eigenvalue weighted by atomic mass is 9.76. The topological polar surface area (TPSA) is 83.6 Å². The zero-order chi connectivity index (χ0) is 22.0. The molecule has 1 spiro atoms. The Morgan fingerprint density at radius 1 is 0.656 bits per heavy atom. The van der Waals surface area contributed by atoms with Gasteiger partial charge in [0, 0.05) is 17.2 Å². The predicted octanol–water partition coefficient (Wildman–Crippen LogP) is 2.95. The van der Waals surface area contributed by atoms with Gasteiger partial charge in [-0.2, -0.15) is 0 Å². The Morgan fingerprint density at radius 2 is 1.19 bits per heavy atom. The number of hydrogen-bond donors (Lipinski definition) is 1. The van der Waals surface area contributed by atoms with E-state index in [-0.39, 0.29) is 11.1 Å². The fraction of sp³-hybridized carbons (Fsp3) is 0.154. The molecule has 6 nitrogen and oxygen atoms in total. The molecule has 3 aromatic carbocycles. The standard InChI is InChI=1S/C26H18N2O4/c29-22-17-13-7-8-14-18(17)23(30)26(22)20-19(21(27-26)15-9-3-1-4-10-15)24(31)28(25(20)32)16-11-5-2-6-12-16/h1-14,19-21,27H/t19-,20-,21-/m0/s1. The van der Waals surface area contributed by atoms with E-state index in [1.807, 2.05) is 30.3 Å². The van der Waals surface area contributed by atoms with E-state index >= 15 is 0 Å². The molecule has 1 N–H and O–H groups in total.